The first kappa shape index (κ1) is 13.7. The Morgan fingerprint density at radius 2 is 1.81 bits per heavy atom. The summed E-state index contributed by atoms with van der Waals surface area (Å²) in [7, 11) is 2.07. The van der Waals surface area contributed by atoms with Crippen molar-refractivity contribution in [3.05, 3.63) is 65.4 Å². The molecule has 0 saturated heterocycles. The molecular weight excluding hydrogens is 260 g/mol. The maximum atomic E-state index is 5.87. The van der Waals surface area contributed by atoms with Gasteiger partial charge in [-0.25, -0.2) is 0 Å². The van der Waals surface area contributed by atoms with Crippen molar-refractivity contribution in [3.63, 3.8) is 0 Å². The number of fused-ring (bicyclic) bond motifs is 1. The maximum absolute atomic E-state index is 5.87. The summed E-state index contributed by atoms with van der Waals surface area (Å²) in [4.78, 5) is 0. The topological polar surface area (TPSA) is 40.2 Å². The van der Waals surface area contributed by atoms with Crippen LogP contribution in [0.5, 0.6) is 5.75 Å². The second kappa shape index (κ2) is 5.62. The predicted octanol–water partition coefficient (Wildman–Crippen LogP) is 3.52. The number of aromatic nitrogens is 1. The largest absolute Gasteiger partial charge is 0.487 e. The molecule has 1 aromatic heterocycles. The fourth-order valence-electron chi connectivity index (χ4n) is 2.51. The predicted molar refractivity (Wildman–Crippen MR) is 86.3 cm³/mol. The van der Waals surface area contributed by atoms with E-state index in [0.29, 0.717) is 13.2 Å². The number of rotatable bonds is 4. The van der Waals surface area contributed by atoms with Crippen molar-refractivity contribution in [1.82, 2.24) is 4.57 Å². The minimum Gasteiger partial charge on any atom is -0.487 e. The van der Waals surface area contributed by atoms with Gasteiger partial charge in [-0.15, -0.1) is 0 Å². The molecule has 3 rings (SSSR count). The molecule has 0 unspecified atom stereocenters. The summed E-state index contributed by atoms with van der Waals surface area (Å²) in [5.41, 5.74) is 10.4. The average Bonchev–Trinajstić information content (AvgIpc) is 2.82. The van der Waals surface area contributed by atoms with Gasteiger partial charge < -0.3 is 15.0 Å². The van der Waals surface area contributed by atoms with E-state index >= 15 is 0 Å². The first-order chi connectivity index (χ1) is 10.2. The zero-order valence-corrected chi connectivity index (χ0v) is 12.5. The summed E-state index contributed by atoms with van der Waals surface area (Å²) >= 11 is 0. The van der Waals surface area contributed by atoms with Crippen LogP contribution in [-0.2, 0) is 20.2 Å². The second-order valence-corrected chi connectivity index (χ2v) is 5.39. The van der Waals surface area contributed by atoms with Crippen molar-refractivity contribution in [2.45, 2.75) is 20.1 Å². The van der Waals surface area contributed by atoms with Gasteiger partial charge in [-0.3, -0.25) is 0 Å². The van der Waals surface area contributed by atoms with Gasteiger partial charge in [0.25, 0.3) is 0 Å². The quantitative estimate of drug-likeness (QED) is 0.794. The van der Waals surface area contributed by atoms with E-state index < -0.39 is 0 Å². The highest BCUT2D eigenvalue weighted by atomic mass is 16.5. The third kappa shape index (κ3) is 2.78. The van der Waals surface area contributed by atoms with Crippen LogP contribution >= 0.6 is 0 Å². The highest BCUT2D eigenvalue weighted by Gasteiger charge is 2.07. The first-order valence-corrected chi connectivity index (χ1v) is 7.14. The zero-order valence-electron chi connectivity index (χ0n) is 12.5. The van der Waals surface area contributed by atoms with Crippen molar-refractivity contribution in [2.75, 3.05) is 0 Å². The molecule has 108 valence electrons. The lowest BCUT2D eigenvalue weighted by molar-refractivity contribution is 0.297. The summed E-state index contributed by atoms with van der Waals surface area (Å²) in [5.74, 6) is 0.897. The Balaban J connectivity index is 1.83. The van der Waals surface area contributed by atoms with Gasteiger partial charge in [-0.1, -0.05) is 23.8 Å². The van der Waals surface area contributed by atoms with Crippen LogP contribution in [0.25, 0.3) is 10.9 Å². The molecule has 0 aliphatic carbocycles. The Kier molecular flexibility index (Phi) is 3.67. The van der Waals surface area contributed by atoms with Crippen LogP contribution in [0, 0.1) is 6.92 Å². The standard InChI is InChI=1S/C18H20N2O/c1-13-3-6-17(7-4-13)21-12-16-10-15-9-14(11-19)5-8-18(15)20(16)2/h3-10H,11-12,19H2,1-2H3. The van der Waals surface area contributed by atoms with E-state index in [-0.39, 0.29) is 0 Å². The molecule has 21 heavy (non-hydrogen) atoms. The number of nitrogens with two attached hydrogens (primary N) is 1. The summed E-state index contributed by atoms with van der Waals surface area (Å²) in [6, 6.07) is 16.6. The lowest BCUT2D eigenvalue weighted by Crippen LogP contribution is -2.01. The number of ether oxygens (including phenoxy) is 1. The molecule has 1 heterocycles. The molecule has 0 atom stereocenters. The van der Waals surface area contributed by atoms with Gasteiger partial charge in [-0.05, 0) is 42.8 Å². The summed E-state index contributed by atoms with van der Waals surface area (Å²) in [6.07, 6.45) is 0. The van der Waals surface area contributed by atoms with Gasteiger partial charge in [0.05, 0.1) is 5.69 Å². The number of hydrogen-bond donors (Lipinski definition) is 1. The smallest absolute Gasteiger partial charge is 0.128 e. The minimum atomic E-state index is 0.562. The minimum absolute atomic E-state index is 0.562. The highest BCUT2D eigenvalue weighted by Crippen LogP contribution is 2.22. The fraction of sp³-hybridized carbons (Fsp3) is 0.222. The molecule has 3 nitrogen and oxygen atoms in total. The lowest BCUT2D eigenvalue weighted by atomic mass is 10.1. The summed E-state index contributed by atoms with van der Waals surface area (Å²) < 4.78 is 8.04. The third-order valence-corrected chi connectivity index (χ3v) is 3.85. The van der Waals surface area contributed by atoms with Gasteiger partial charge in [0.1, 0.15) is 12.4 Å². The fourth-order valence-corrected chi connectivity index (χ4v) is 2.51. The normalized spacial score (nSPS) is 11.0. The maximum Gasteiger partial charge on any atom is 0.128 e. The van der Waals surface area contributed by atoms with E-state index in [0.717, 1.165) is 17.0 Å². The van der Waals surface area contributed by atoms with Gasteiger partial charge in [0.2, 0.25) is 0 Å². The number of hydrogen-bond acceptors (Lipinski definition) is 2. The molecule has 2 N–H and O–H groups in total. The number of benzene rings is 2. The summed E-state index contributed by atoms with van der Waals surface area (Å²) in [5, 5.41) is 1.21. The van der Waals surface area contributed by atoms with Crippen LogP contribution in [0.1, 0.15) is 16.8 Å². The molecule has 3 aromatic rings. The molecule has 0 aliphatic rings. The van der Waals surface area contributed by atoms with Gasteiger partial charge in [-0.2, -0.15) is 0 Å². The number of aryl methyl sites for hydroxylation is 2. The van der Waals surface area contributed by atoms with Crippen LogP contribution in [0.4, 0.5) is 0 Å². The van der Waals surface area contributed by atoms with Crippen molar-refractivity contribution in [2.24, 2.45) is 12.8 Å². The Morgan fingerprint density at radius 1 is 1.05 bits per heavy atom. The summed E-state index contributed by atoms with van der Waals surface area (Å²) in [6.45, 7) is 3.20. The molecule has 2 aromatic carbocycles. The van der Waals surface area contributed by atoms with E-state index in [2.05, 4.69) is 54.9 Å². The van der Waals surface area contributed by atoms with Gasteiger partial charge in [0.15, 0.2) is 0 Å². The SMILES string of the molecule is Cc1ccc(OCc2cc3cc(CN)ccc3n2C)cc1. The van der Waals surface area contributed by atoms with Crippen molar-refractivity contribution in [1.29, 1.82) is 0 Å². The van der Waals surface area contributed by atoms with Gasteiger partial charge in [0, 0.05) is 24.5 Å². The Morgan fingerprint density at radius 3 is 2.52 bits per heavy atom. The Labute approximate surface area is 125 Å². The highest BCUT2D eigenvalue weighted by molar-refractivity contribution is 5.82. The molecule has 0 amide bonds. The van der Waals surface area contributed by atoms with Crippen LogP contribution in [0.2, 0.25) is 0 Å². The average molecular weight is 280 g/mol. The molecule has 0 saturated carbocycles. The van der Waals surface area contributed by atoms with Gasteiger partial charge >= 0.3 is 0 Å². The van der Waals surface area contributed by atoms with E-state index in [1.807, 2.05) is 12.1 Å². The van der Waals surface area contributed by atoms with Crippen molar-refractivity contribution >= 4 is 10.9 Å². The van der Waals surface area contributed by atoms with E-state index in [9.17, 15) is 0 Å². The van der Waals surface area contributed by atoms with Crippen molar-refractivity contribution in [3.8, 4) is 5.75 Å². The van der Waals surface area contributed by atoms with Crippen molar-refractivity contribution < 1.29 is 4.74 Å². The molecule has 3 heteroatoms. The molecule has 0 bridgehead atoms. The van der Waals surface area contributed by atoms with Crippen LogP contribution in [0.3, 0.4) is 0 Å². The molecule has 0 aliphatic heterocycles. The second-order valence-electron chi connectivity index (χ2n) is 5.39. The van der Waals surface area contributed by atoms with Crippen LogP contribution in [0.15, 0.2) is 48.5 Å². The molecule has 0 spiro atoms. The van der Waals surface area contributed by atoms with Crippen LogP contribution < -0.4 is 10.5 Å². The van der Waals surface area contributed by atoms with E-state index in [1.165, 1.54) is 16.5 Å². The van der Waals surface area contributed by atoms with E-state index in [1.54, 1.807) is 0 Å². The molecule has 0 fully saturated rings. The third-order valence-electron chi connectivity index (χ3n) is 3.85. The Bertz CT molecular complexity index is 757. The Hall–Kier alpha value is -2.26. The molecule has 0 radical (unpaired) electrons. The molecular formula is C18H20N2O. The first-order valence-electron chi connectivity index (χ1n) is 7.14. The zero-order chi connectivity index (χ0) is 14.8. The van der Waals surface area contributed by atoms with E-state index in [4.69, 9.17) is 10.5 Å². The van der Waals surface area contributed by atoms with Crippen LogP contribution in [-0.4, -0.2) is 4.57 Å². The lowest BCUT2D eigenvalue weighted by Gasteiger charge is -2.08. The number of nitrogens with zero attached hydrogens (tertiary/aromatic N) is 1. The monoisotopic (exact) mass is 280 g/mol.